The van der Waals surface area contributed by atoms with Crippen molar-refractivity contribution in [3.05, 3.63) is 89.1 Å². The number of hydrogen-bond donors (Lipinski definition) is 2. The summed E-state index contributed by atoms with van der Waals surface area (Å²) >= 11 is 0. The fourth-order valence-electron chi connectivity index (χ4n) is 4.20. The standard InChI is InChI=1S/C27H32N2O5/c1-19(2)16-22(29-15-8-7-13-24(29)30)26(33)28-23(17-25(31)32)27(3)14-9-12-21(18-27)34-20-10-5-4-6-11-20/h4-15,19,22-23H,16-18H2,1-3H3,(H,28,33)(H,31,32)/t22?,23-,27?/m1/s1. The third kappa shape index (κ3) is 6.47. The largest absolute Gasteiger partial charge is 0.481 e. The number of allylic oxidation sites excluding steroid dienone is 3. The van der Waals surface area contributed by atoms with E-state index in [0.717, 1.165) is 0 Å². The number of ether oxygens (including phenoxy) is 1. The van der Waals surface area contributed by atoms with Crippen molar-refractivity contribution >= 4 is 11.9 Å². The molecule has 0 fully saturated rings. The SMILES string of the molecule is CC(C)CC(C(=O)N[C@H](CC(=O)O)C1(C)C=CC=C(Oc2ccccc2)C1)n1ccccc1=O. The lowest BCUT2D eigenvalue weighted by Gasteiger charge is -2.38. The molecule has 3 rings (SSSR count). The van der Waals surface area contributed by atoms with Crippen molar-refractivity contribution < 1.29 is 19.4 Å². The molecule has 0 aliphatic heterocycles. The Balaban J connectivity index is 1.84. The van der Waals surface area contributed by atoms with Gasteiger partial charge in [0, 0.05) is 30.1 Å². The summed E-state index contributed by atoms with van der Waals surface area (Å²) in [6, 6.07) is 12.7. The number of aliphatic carboxylic acids is 1. The first-order chi connectivity index (χ1) is 16.2. The molecule has 0 bridgehead atoms. The first-order valence-corrected chi connectivity index (χ1v) is 11.5. The minimum absolute atomic E-state index is 0.153. The second kappa shape index (κ2) is 11.0. The van der Waals surface area contributed by atoms with Gasteiger partial charge in [0.15, 0.2) is 0 Å². The average molecular weight is 465 g/mol. The van der Waals surface area contributed by atoms with Crippen LogP contribution < -0.4 is 15.6 Å². The van der Waals surface area contributed by atoms with E-state index < -0.39 is 23.5 Å². The molecule has 1 amide bonds. The molecule has 0 saturated carbocycles. The van der Waals surface area contributed by atoms with Crippen molar-refractivity contribution in [2.24, 2.45) is 11.3 Å². The average Bonchev–Trinajstić information content (AvgIpc) is 2.78. The topological polar surface area (TPSA) is 97.6 Å². The number of rotatable bonds is 10. The molecule has 34 heavy (non-hydrogen) atoms. The summed E-state index contributed by atoms with van der Waals surface area (Å²) in [5, 5.41) is 12.6. The Hall–Kier alpha value is -3.61. The highest BCUT2D eigenvalue weighted by Gasteiger charge is 2.38. The maximum atomic E-state index is 13.4. The van der Waals surface area contributed by atoms with Crippen molar-refractivity contribution in [1.29, 1.82) is 0 Å². The number of para-hydroxylation sites is 1. The number of nitrogens with zero attached hydrogens (tertiary/aromatic N) is 1. The van der Waals surface area contributed by atoms with Crippen LogP contribution in [0.3, 0.4) is 0 Å². The van der Waals surface area contributed by atoms with Crippen molar-refractivity contribution in [1.82, 2.24) is 9.88 Å². The third-order valence-electron chi connectivity index (χ3n) is 5.98. The smallest absolute Gasteiger partial charge is 0.305 e. The maximum Gasteiger partial charge on any atom is 0.305 e. The third-order valence-corrected chi connectivity index (χ3v) is 5.98. The normalized spacial score (nSPS) is 19.2. The van der Waals surface area contributed by atoms with Crippen molar-refractivity contribution in [2.45, 2.75) is 52.1 Å². The van der Waals surface area contributed by atoms with Gasteiger partial charge in [0.1, 0.15) is 17.6 Å². The van der Waals surface area contributed by atoms with E-state index in [1.54, 1.807) is 18.3 Å². The fourth-order valence-corrected chi connectivity index (χ4v) is 4.20. The van der Waals surface area contributed by atoms with Gasteiger partial charge in [-0.25, -0.2) is 0 Å². The van der Waals surface area contributed by atoms with Crippen molar-refractivity contribution in [2.75, 3.05) is 0 Å². The van der Waals surface area contributed by atoms with Crippen LogP contribution in [0.2, 0.25) is 0 Å². The van der Waals surface area contributed by atoms with Crippen LogP contribution in [0.15, 0.2) is 83.5 Å². The van der Waals surface area contributed by atoms with E-state index in [0.29, 0.717) is 24.4 Å². The lowest BCUT2D eigenvalue weighted by atomic mass is 9.74. The molecule has 7 nitrogen and oxygen atoms in total. The van der Waals surface area contributed by atoms with Crippen LogP contribution in [0.25, 0.3) is 0 Å². The van der Waals surface area contributed by atoms with Crippen molar-refractivity contribution in [3.63, 3.8) is 0 Å². The summed E-state index contributed by atoms with van der Waals surface area (Å²) in [5.74, 6) is 0.129. The Labute approximate surface area is 199 Å². The summed E-state index contributed by atoms with van der Waals surface area (Å²) in [6.07, 6.45) is 7.78. The van der Waals surface area contributed by atoms with Crippen LogP contribution in [0.1, 0.15) is 46.1 Å². The molecule has 0 radical (unpaired) electrons. The van der Waals surface area contributed by atoms with Gasteiger partial charge in [0.05, 0.1) is 6.42 Å². The van der Waals surface area contributed by atoms with Crippen LogP contribution in [0, 0.1) is 11.3 Å². The van der Waals surface area contributed by atoms with Gasteiger partial charge in [-0.05, 0) is 36.6 Å². The number of carboxylic acid groups (broad SMARTS) is 1. The van der Waals surface area contributed by atoms with Gasteiger partial charge >= 0.3 is 5.97 Å². The summed E-state index contributed by atoms with van der Waals surface area (Å²) in [6.45, 7) is 5.86. The van der Waals surface area contributed by atoms with E-state index >= 15 is 0 Å². The number of aromatic nitrogens is 1. The number of carbonyl (C=O) groups is 2. The quantitative estimate of drug-likeness (QED) is 0.546. The van der Waals surface area contributed by atoms with E-state index in [4.69, 9.17) is 4.74 Å². The molecule has 0 spiro atoms. The molecule has 180 valence electrons. The zero-order valence-corrected chi connectivity index (χ0v) is 19.8. The molecule has 1 aromatic heterocycles. The Morgan fingerprint density at radius 3 is 2.50 bits per heavy atom. The van der Waals surface area contributed by atoms with Gasteiger partial charge in [-0.15, -0.1) is 0 Å². The van der Waals surface area contributed by atoms with Crippen LogP contribution >= 0.6 is 0 Å². The van der Waals surface area contributed by atoms with Gasteiger partial charge in [0.25, 0.3) is 5.56 Å². The minimum atomic E-state index is -1.02. The minimum Gasteiger partial charge on any atom is -0.481 e. The predicted octanol–water partition coefficient (Wildman–Crippen LogP) is 4.32. The maximum absolute atomic E-state index is 13.4. The molecule has 2 aromatic rings. The molecule has 1 aromatic carbocycles. The fraction of sp³-hybridized carbons (Fsp3) is 0.370. The number of pyridine rings is 1. The molecular weight excluding hydrogens is 432 g/mol. The van der Waals surface area contributed by atoms with E-state index in [-0.39, 0.29) is 23.8 Å². The van der Waals surface area contributed by atoms with Crippen molar-refractivity contribution in [3.8, 4) is 5.75 Å². The van der Waals surface area contributed by atoms with E-state index in [1.165, 1.54) is 10.6 Å². The molecule has 2 unspecified atom stereocenters. The Kier molecular flexibility index (Phi) is 8.10. The van der Waals surface area contributed by atoms with E-state index in [2.05, 4.69) is 5.32 Å². The zero-order chi connectivity index (χ0) is 24.7. The Morgan fingerprint density at radius 2 is 1.85 bits per heavy atom. The highest BCUT2D eigenvalue weighted by Crippen LogP contribution is 2.37. The van der Waals surface area contributed by atoms with Crippen LogP contribution in [0.5, 0.6) is 5.75 Å². The Bertz CT molecular complexity index is 1120. The molecular formula is C27H32N2O5. The van der Waals surface area contributed by atoms with Gasteiger partial charge in [0.2, 0.25) is 5.91 Å². The predicted molar refractivity (Wildman–Crippen MR) is 130 cm³/mol. The van der Waals surface area contributed by atoms with Crippen LogP contribution in [-0.2, 0) is 9.59 Å². The van der Waals surface area contributed by atoms with Gasteiger partial charge in [-0.3, -0.25) is 14.4 Å². The summed E-state index contributed by atoms with van der Waals surface area (Å²) in [4.78, 5) is 37.6. The monoisotopic (exact) mass is 464 g/mol. The molecule has 2 N–H and O–H groups in total. The first-order valence-electron chi connectivity index (χ1n) is 11.5. The Morgan fingerprint density at radius 1 is 1.15 bits per heavy atom. The second-order valence-electron chi connectivity index (χ2n) is 9.34. The van der Waals surface area contributed by atoms with Gasteiger partial charge in [-0.1, -0.05) is 57.2 Å². The molecule has 1 heterocycles. The summed E-state index contributed by atoms with van der Waals surface area (Å²) in [5.41, 5.74) is -0.972. The van der Waals surface area contributed by atoms with Gasteiger partial charge in [-0.2, -0.15) is 0 Å². The summed E-state index contributed by atoms with van der Waals surface area (Å²) < 4.78 is 7.41. The molecule has 1 aliphatic rings. The number of amides is 1. The first kappa shape index (κ1) is 25.0. The molecule has 7 heteroatoms. The van der Waals surface area contributed by atoms with Crippen LogP contribution in [-0.4, -0.2) is 27.6 Å². The van der Waals surface area contributed by atoms with E-state index in [1.807, 2.05) is 69.3 Å². The number of nitrogens with one attached hydrogen (secondary N) is 1. The highest BCUT2D eigenvalue weighted by molar-refractivity contribution is 5.81. The lowest BCUT2D eigenvalue weighted by molar-refractivity contribution is -0.138. The highest BCUT2D eigenvalue weighted by atomic mass is 16.5. The second-order valence-corrected chi connectivity index (χ2v) is 9.34. The molecule has 3 atom stereocenters. The number of benzene rings is 1. The van der Waals surface area contributed by atoms with Gasteiger partial charge < -0.3 is 19.7 Å². The molecule has 1 aliphatic carbocycles. The zero-order valence-electron chi connectivity index (χ0n) is 19.8. The van der Waals surface area contributed by atoms with E-state index in [9.17, 15) is 19.5 Å². The number of carboxylic acids is 1. The number of carbonyl (C=O) groups excluding carboxylic acids is 1. The molecule has 0 saturated heterocycles. The lowest BCUT2D eigenvalue weighted by Crippen LogP contribution is -2.50. The summed E-state index contributed by atoms with van der Waals surface area (Å²) in [7, 11) is 0. The number of hydrogen-bond acceptors (Lipinski definition) is 4. The van der Waals surface area contributed by atoms with Crippen LogP contribution in [0.4, 0.5) is 0 Å².